The van der Waals surface area contributed by atoms with Gasteiger partial charge in [-0.1, -0.05) is 0 Å². The van der Waals surface area contributed by atoms with Gasteiger partial charge in [0.15, 0.2) is 0 Å². The first kappa shape index (κ1) is 12.8. The van der Waals surface area contributed by atoms with Gasteiger partial charge >= 0.3 is 0 Å². The van der Waals surface area contributed by atoms with Crippen LogP contribution in [0.25, 0.3) is 0 Å². The van der Waals surface area contributed by atoms with Crippen molar-refractivity contribution in [3.8, 4) is 0 Å². The lowest BCUT2D eigenvalue weighted by atomic mass is 10.1. The third-order valence-electron chi connectivity index (χ3n) is 3.21. The number of hydrogen-bond donors (Lipinski definition) is 3. The maximum atomic E-state index is 9.20. The molecule has 1 heterocycles. The molecule has 0 unspecified atom stereocenters. The van der Waals surface area contributed by atoms with E-state index in [2.05, 4.69) is 9.88 Å². The summed E-state index contributed by atoms with van der Waals surface area (Å²) in [7, 11) is 0. The number of aromatic nitrogens is 1. The van der Waals surface area contributed by atoms with Crippen LogP contribution in [0.3, 0.4) is 0 Å². The molecule has 4 N–H and O–H groups in total. The number of rotatable bonds is 5. The molecule has 0 aromatic carbocycles. The third-order valence-corrected chi connectivity index (χ3v) is 3.21. The minimum atomic E-state index is 0.0404. The summed E-state index contributed by atoms with van der Waals surface area (Å²) >= 11 is 0. The maximum Gasteiger partial charge on any atom is 0.126 e. The van der Waals surface area contributed by atoms with E-state index in [4.69, 9.17) is 11.1 Å². The Balaban J connectivity index is 2.48. The van der Waals surface area contributed by atoms with Gasteiger partial charge < -0.3 is 15.7 Å². The van der Waals surface area contributed by atoms with Gasteiger partial charge in [-0.05, 0) is 32.8 Å². The monoisotopic (exact) mass is 248 g/mol. The van der Waals surface area contributed by atoms with Gasteiger partial charge in [-0.15, -0.1) is 0 Å². The van der Waals surface area contributed by atoms with Gasteiger partial charge in [-0.25, -0.2) is 0 Å². The Morgan fingerprint density at radius 2 is 2.22 bits per heavy atom. The van der Waals surface area contributed by atoms with Crippen LogP contribution >= 0.6 is 0 Å². The molecule has 1 aromatic heterocycles. The average Bonchev–Trinajstić information content (AvgIpc) is 3.07. The molecule has 2 rings (SSSR count). The summed E-state index contributed by atoms with van der Waals surface area (Å²) in [4.78, 5) is 6.52. The van der Waals surface area contributed by atoms with Crippen LogP contribution in [0.1, 0.15) is 29.8 Å². The third kappa shape index (κ3) is 2.46. The maximum absolute atomic E-state index is 9.20. The standard InChI is InChI=1S/C13H20N4O/c1-8-7-11(12(13(14)15)9(2)16-8)17(5-6-18)10-3-4-10/h7,10,18H,3-6H2,1-2H3,(H3,14,15). The van der Waals surface area contributed by atoms with Crippen LogP contribution in [0.15, 0.2) is 6.07 Å². The van der Waals surface area contributed by atoms with Crippen molar-refractivity contribution in [2.24, 2.45) is 5.73 Å². The van der Waals surface area contributed by atoms with E-state index in [1.807, 2.05) is 19.9 Å². The van der Waals surface area contributed by atoms with E-state index >= 15 is 0 Å². The lowest BCUT2D eigenvalue weighted by Gasteiger charge is -2.27. The Bertz CT molecular complexity index is 468. The highest BCUT2D eigenvalue weighted by molar-refractivity contribution is 6.01. The number of aliphatic hydroxyl groups excluding tert-OH is 1. The number of amidine groups is 1. The fraction of sp³-hybridized carbons (Fsp3) is 0.538. The van der Waals surface area contributed by atoms with E-state index in [1.165, 1.54) is 0 Å². The zero-order valence-electron chi connectivity index (χ0n) is 10.9. The van der Waals surface area contributed by atoms with Gasteiger partial charge in [0.05, 0.1) is 23.6 Å². The zero-order chi connectivity index (χ0) is 13.3. The van der Waals surface area contributed by atoms with Gasteiger partial charge in [-0.3, -0.25) is 10.4 Å². The second kappa shape index (κ2) is 4.94. The van der Waals surface area contributed by atoms with Crippen LogP contribution in [0.2, 0.25) is 0 Å². The number of aryl methyl sites for hydroxylation is 2. The van der Waals surface area contributed by atoms with E-state index in [0.717, 1.165) is 29.9 Å². The van der Waals surface area contributed by atoms with Crippen molar-refractivity contribution in [3.63, 3.8) is 0 Å². The molecule has 5 heteroatoms. The number of anilines is 1. The van der Waals surface area contributed by atoms with Crippen molar-refractivity contribution in [1.29, 1.82) is 5.41 Å². The van der Waals surface area contributed by atoms with E-state index in [9.17, 15) is 5.11 Å². The van der Waals surface area contributed by atoms with Gasteiger partial charge in [0.25, 0.3) is 0 Å². The van der Waals surface area contributed by atoms with Crippen molar-refractivity contribution in [2.45, 2.75) is 32.7 Å². The highest BCUT2D eigenvalue weighted by atomic mass is 16.3. The SMILES string of the molecule is Cc1cc(N(CCO)C2CC2)c(C(=N)N)c(C)n1. The topological polar surface area (TPSA) is 86.2 Å². The van der Waals surface area contributed by atoms with Gasteiger partial charge in [0, 0.05) is 18.3 Å². The molecule has 1 aliphatic carbocycles. The number of aliphatic hydroxyl groups is 1. The molecule has 98 valence electrons. The Kier molecular flexibility index (Phi) is 3.52. The first-order chi connectivity index (χ1) is 8.54. The van der Waals surface area contributed by atoms with Crippen LogP contribution in [0, 0.1) is 19.3 Å². The minimum absolute atomic E-state index is 0.0404. The molecule has 0 aliphatic heterocycles. The van der Waals surface area contributed by atoms with Crippen molar-refractivity contribution in [3.05, 3.63) is 23.0 Å². The smallest absolute Gasteiger partial charge is 0.126 e. The van der Waals surface area contributed by atoms with E-state index in [-0.39, 0.29) is 12.4 Å². The van der Waals surface area contributed by atoms with Crippen LogP contribution in [0.4, 0.5) is 5.69 Å². The summed E-state index contributed by atoms with van der Waals surface area (Å²) < 4.78 is 0. The van der Waals surface area contributed by atoms with E-state index < -0.39 is 0 Å². The molecule has 0 radical (unpaired) electrons. The van der Waals surface area contributed by atoms with Crippen molar-refractivity contribution >= 4 is 11.5 Å². The summed E-state index contributed by atoms with van der Waals surface area (Å²) in [6.07, 6.45) is 2.27. The second-order valence-corrected chi connectivity index (χ2v) is 4.81. The number of hydrogen-bond acceptors (Lipinski definition) is 4. The van der Waals surface area contributed by atoms with Crippen molar-refractivity contribution < 1.29 is 5.11 Å². The lowest BCUT2D eigenvalue weighted by Crippen LogP contribution is -2.32. The Hall–Kier alpha value is -1.62. The fourth-order valence-electron chi connectivity index (χ4n) is 2.36. The van der Waals surface area contributed by atoms with E-state index in [1.54, 1.807) is 0 Å². The number of pyridine rings is 1. The number of nitrogens with two attached hydrogens (primary N) is 1. The molecule has 0 atom stereocenters. The Morgan fingerprint density at radius 1 is 1.56 bits per heavy atom. The van der Waals surface area contributed by atoms with Crippen LogP contribution in [-0.4, -0.2) is 35.1 Å². The summed E-state index contributed by atoms with van der Waals surface area (Å²) in [5.74, 6) is 0.0404. The highest BCUT2D eigenvalue weighted by Crippen LogP contribution is 2.34. The molecule has 1 fully saturated rings. The van der Waals surface area contributed by atoms with Crippen molar-refractivity contribution in [2.75, 3.05) is 18.1 Å². The largest absolute Gasteiger partial charge is 0.395 e. The predicted octanol–water partition coefficient (Wildman–Crippen LogP) is 0.944. The summed E-state index contributed by atoms with van der Waals surface area (Å²) in [6, 6.07) is 2.42. The van der Waals surface area contributed by atoms with Gasteiger partial charge in [0.2, 0.25) is 0 Å². The second-order valence-electron chi connectivity index (χ2n) is 4.81. The summed E-state index contributed by atoms with van der Waals surface area (Å²) in [5.41, 5.74) is 9.00. The van der Waals surface area contributed by atoms with Crippen LogP contribution in [0.5, 0.6) is 0 Å². The number of nitrogens with one attached hydrogen (secondary N) is 1. The Morgan fingerprint density at radius 3 is 2.72 bits per heavy atom. The van der Waals surface area contributed by atoms with Gasteiger partial charge in [0.1, 0.15) is 5.84 Å². The molecule has 5 nitrogen and oxygen atoms in total. The Labute approximate surface area is 107 Å². The molecule has 0 bridgehead atoms. The average molecular weight is 248 g/mol. The molecule has 1 saturated carbocycles. The van der Waals surface area contributed by atoms with Crippen molar-refractivity contribution in [1.82, 2.24) is 4.98 Å². The summed E-state index contributed by atoms with van der Waals surface area (Å²) in [5, 5.41) is 16.9. The highest BCUT2D eigenvalue weighted by Gasteiger charge is 2.31. The molecule has 0 amide bonds. The normalized spacial score (nSPS) is 14.6. The molecule has 1 aliphatic rings. The van der Waals surface area contributed by atoms with Gasteiger partial charge in [-0.2, -0.15) is 0 Å². The first-order valence-corrected chi connectivity index (χ1v) is 6.24. The lowest BCUT2D eigenvalue weighted by molar-refractivity contribution is 0.301. The summed E-state index contributed by atoms with van der Waals surface area (Å²) in [6.45, 7) is 4.49. The molecular weight excluding hydrogens is 228 g/mol. The van der Waals surface area contributed by atoms with Crippen LogP contribution < -0.4 is 10.6 Å². The van der Waals surface area contributed by atoms with E-state index in [0.29, 0.717) is 18.2 Å². The first-order valence-electron chi connectivity index (χ1n) is 6.24. The predicted molar refractivity (Wildman–Crippen MR) is 72.2 cm³/mol. The molecule has 0 saturated heterocycles. The molecule has 0 spiro atoms. The minimum Gasteiger partial charge on any atom is -0.395 e. The zero-order valence-corrected chi connectivity index (χ0v) is 10.9. The molecular formula is C13H20N4O. The number of nitrogens with zero attached hydrogens (tertiary/aromatic N) is 2. The quantitative estimate of drug-likeness (QED) is 0.535. The number of nitrogen functional groups attached to an aromatic ring is 1. The van der Waals surface area contributed by atoms with Crippen LogP contribution in [-0.2, 0) is 0 Å². The fourth-order valence-corrected chi connectivity index (χ4v) is 2.36. The molecule has 18 heavy (non-hydrogen) atoms. The molecule has 1 aromatic rings.